The number of nitrogens with one attached hydrogen (secondary N) is 2. The number of ether oxygens (including phenoxy) is 1. The van der Waals surface area contributed by atoms with Crippen molar-refractivity contribution in [3.63, 3.8) is 0 Å². The Hall–Kier alpha value is -3.24. The molecule has 4 rings (SSSR count). The number of nitrogens with zero attached hydrogens (tertiary/aromatic N) is 4. The summed E-state index contributed by atoms with van der Waals surface area (Å²) in [4.78, 5) is 31.0. The molecular weight excluding hydrogens is 392 g/mol. The molecule has 10 heteroatoms. The summed E-state index contributed by atoms with van der Waals surface area (Å²) in [5.74, 6) is -0.777. The fourth-order valence-electron chi connectivity index (χ4n) is 2.85. The van der Waals surface area contributed by atoms with Crippen LogP contribution >= 0.6 is 11.3 Å². The molecule has 0 bridgehead atoms. The zero-order valence-corrected chi connectivity index (χ0v) is 16.4. The van der Waals surface area contributed by atoms with E-state index in [4.69, 9.17) is 4.74 Å². The van der Waals surface area contributed by atoms with Gasteiger partial charge >= 0.3 is 0 Å². The Morgan fingerprint density at radius 3 is 2.72 bits per heavy atom. The number of thiazole rings is 1. The molecule has 0 aliphatic carbocycles. The highest BCUT2D eigenvalue weighted by Crippen LogP contribution is 2.21. The van der Waals surface area contributed by atoms with Crippen molar-refractivity contribution in [2.45, 2.75) is 6.42 Å². The molecule has 1 fully saturated rings. The number of anilines is 1. The van der Waals surface area contributed by atoms with Crippen molar-refractivity contribution >= 4 is 28.3 Å². The van der Waals surface area contributed by atoms with Crippen molar-refractivity contribution in [2.75, 3.05) is 31.2 Å². The SMILES string of the molecule is O=C(Cc1csc(N2CCOCC2)n1)NNC(=O)c1cnn(-c2ccccc2)c1. The molecule has 3 aromatic rings. The van der Waals surface area contributed by atoms with E-state index in [2.05, 4.69) is 25.8 Å². The molecule has 9 nitrogen and oxygen atoms in total. The average Bonchev–Trinajstić information content (AvgIpc) is 3.43. The van der Waals surface area contributed by atoms with Gasteiger partial charge in [-0.15, -0.1) is 11.3 Å². The third-order valence-electron chi connectivity index (χ3n) is 4.34. The molecular formula is C19H20N6O3S. The predicted molar refractivity (Wildman–Crippen MR) is 108 cm³/mol. The summed E-state index contributed by atoms with van der Waals surface area (Å²) in [5.41, 5.74) is 6.69. The summed E-state index contributed by atoms with van der Waals surface area (Å²) >= 11 is 1.50. The van der Waals surface area contributed by atoms with Gasteiger partial charge in [0.25, 0.3) is 5.91 Å². The molecule has 0 unspecified atom stereocenters. The number of hydrogen-bond acceptors (Lipinski definition) is 7. The largest absolute Gasteiger partial charge is 0.378 e. The minimum Gasteiger partial charge on any atom is -0.378 e. The molecule has 3 heterocycles. The molecule has 29 heavy (non-hydrogen) atoms. The third kappa shape index (κ3) is 4.79. The van der Waals surface area contributed by atoms with Gasteiger partial charge in [0.15, 0.2) is 5.13 Å². The first-order chi connectivity index (χ1) is 14.2. The number of carbonyl (C=O) groups is 2. The normalized spacial score (nSPS) is 13.9. The molecule has 0 spiro atoms. The Balaban J connectivity index is 1.28. The predicted octanol–water partition coefficient (Wildman–Crippen LogP) is 1.17. The molecule has 1 aliphatic heterocycles. The highest BCUT2D eigenvalue weighted by Gasteiger charge is 2.16. The highest BCUT2D eigenvalue weighted by atomic mass is 32.1. The number of para-hydroxylation sites is 1. The summed E-state index contributed by atoms with van der Waals surface area (Å²) < 4.78 is 6.93. The van der Waals surface area contributed by atoms with Crippen LogP contribution in [0, 0.1) is 0 Å². The highest BCUT2D eigenvalue weighted by molar-refractivity contribution is 7.13. The van der Waals surface area contributed by atoms with Crippen LogP contribution < -0.4 is 15.8 Å². The maximum Gasteiger partial charge on any atom is 0.272 e. The van der Waals surface area contributed by atoms with Crippen LogP contribution in [-0.2, 0) is 16.0 Å². The molecule has 0 radical (unpaired) electrons. The lowest BCUT2D eigenvalue weighted by molar-refractivity contribution is -0.121. The number of benzene rings is 1. The molecule has 2 aromatic heterocycles. The molecule has 150 valence electrons. The Morgan fingerprint density at radius 1 is 1.14 bits per heavy atom. The van der Waals surface area contributed by atoms with Gasteiger partial charge in [0.2, 0.25) is 5.91 Å². The number of carbonyl (C=O) groups excluding carboxylic acids is 2. The first-order valence-electron chi connectivity index (χ1n) is 9.15. The van der Waals surface area contributed by atoms with Gasteiger partial charge < -0.3 is 9.64 Å². The monoisotopic (exact) mass is 412 g/mol. The van der Waals surface area contributed by atoms with Gasteiger partial charge in [0.05, 0.1) is 42.8 Å². The van der Waals surface area contributed by atoms with E-state index in [-0.39, 0.29) is 12.3 Å². The Kier molecular flexibility index (Phi) is 5.82. The van der Waals surface area contributed by atoms with E-state index in [1.165, 1.54) is 17.5 Å². The minimum absolute atomic E-state index is 0.0877. The van der Waals surface area contributed by atoms with E-state index in [0.717, 1.165) is 23.9 Å². The molecule has 1 aliphatic rings. The van der Waals surface area contributed by atoms with Gasteiger partial charge in [-0.3, -0.25) is 20.4 Å². The van der Waals surface area contributed by atoms with Crippen LogP contribution in [0.25, 0.3) is 5.69 Å². The smallest absolute Gasteiger partial charge is 0.272 e. The lowest BCUT2D eigenvalue weighted by Gasteiger charge is -2.26. The fraction of sp³-hybridized carbons (Fsp3) is 0.263. The zero-order valence-electron chi connectivity index (χ0n) is 15.6. The van der Waals surface area contributed by atoms with Crippen molar-refractivity contribution in [1.82, 2.24) is 25.6 Å². The number of rotatable bonds is 5. The first kappa shape index (κ1) is 19.1. The molecule has 0 atom stereocenters. The Bertz CT molecular complexity index is 981. The second-order valence-corrected chi connectivity index (χ2v) is 7.25. The van der Waals surface area contributed by atoms with Crippen molar-refractivity contribution in [3.8, 4) is 5.69 Å². The van der Waals surface area contributed by atoms with Crippen molar-refractivity contribution in [2.24, 2.45) is 0 Å². The quantitative estimate of drug-likeness (QED) is 0.610. The van der Waals surface area contributed by atoms with E-state index >= 15 is 0 Å². The summed E-state index contributed by atoms with van der Waals surface area (Å²) in [6, 6.07) is 9.45. The number of hydrogen-bond donors (Lipinski definition) is 2. The average molecular weight is 412 g/mol. The van der Waals surface area contributed by atoms with Gasteiger partial charge in [-0.05, 0) is 12.1 Å². The van der Waals surface area contributed by atoms with Gasteiger partial charge in [0, 0.05) is 24.7 Å². The van der Waals surface area contributed by atoms with Crippen LogP contribution in [0.3, 0.4) is 0 Å². The molecule has 0 saturated carbocycles. The van der Waals surface area contributed by atoms with Gasteiger partial charge in [0.1, 0.15) is 0 Å². The molecule has 1 saturated heterocycles. The lowest BCUT2D eigenvalue weighted by Crippen LogP contribution is -2.42. The summed E-state index contributed by atoms with van der Waals surface area (Å²) in [6.07, 6.45) is 3.14. The van der Waals surface area contributed by atoms with Crippen LogP contribution in [0.15, 0.2) is 48.1 Å². The second-order valence-electron chi connectivity index (χ2n) is 6.41. The number of aromatic nitrogens is 3. The van der Waals surface area contributed by atoms with E-state index in [9.17, 15) is 9.59 Å². The molecule has 2 N–H and O–H groups in total. The lowest BCUT2D eigenvalue weighted by atomic mass is 10.3. The van der Waals surface area contributed by atoms with Crippen molar-refractivity contribution in [3.05, 3.63) is 59.4 Å². The van der Waals surface area contributed by atoms with Crippen LogP contribution in [0.5, 0.6) is 0 Å². The third-order valence-corrected chi connectivity index (χ3v) is 5.29. The Labute approximate surface area is 171 Å². The van der Waals surface area contributed by atoms with E-state index < -0.39 is 5.91 Å². The summed E-state index contributed by atoms with van der Waals surface area (Å²) in [6.45, 7) is 2.96. The van der Waals surface area contributed by atoms with Crippen LogP contribution in [0.4, 0.5) is 5.13 Å². The van der Waals surface area contributed by atoms with Gasteiger partial charge in [-0.1, -0.05) is 18.2 Å². The number of morpholine rings is 1. The second kappa shape index (κ2) is 8.84. The fourth-order valence-corrected chi connectivity index (χ4v) is 3.73. The van der Waals surface area contributed by atoms with Crippen LogP contribution in [0.2, 0.25) is 0 Å². The van der Waals surface area contributed by atoms with Crippen molar-refractivity contribution in [1.29, 1.82) is 0 Å². The van der Waals surface area contributed by atoms with E-state index in [1.807, 2.05) is 35.7 Å². The van der Waals surface area contributed by atoms with Crippen LogP contribution in [-0.4, -0.2) is 52.9 Å². The Morgan fingerprint density at radius 2 is 1.93 bits per heavy atom. The standard InChI is InChI=1S/C19H20N6O3S/c26-17(10-15-13-29-19(21-15)24-6-8-28-9-7-24)22-23-18(27)14-11-20-25(12-14)16-4-2-1-3-5-16/h1-5,11-13H,6-10H2,(H,22,26)(H,23,27). The number of hydrazine groups is 1. The van der Waals surface area contributed by atoms with Crippen LogP contribution in [0.1, 0.15) is 16.1 Å². The number of amides is 2. The maximum absolute atomic E-state index is 12.2. The van der Waals surface area contributed by atoms with Crippen molar-refractivity contribution < 1.29 is 14.3 Å². The summed E-state index contributed by atoms with van der Waals surface area (Å²) in [7, 11) is 0. The molecule has 1 aromatic carbocycles. The zero-order chi connectivity index (χ0) is 20.1. The van der Waals surface area contributed by atoms with E-state index in [0.29, 0.717) is 24.5 Å². The topological polar surface area (TPSA) is 101 Å². The van der Waals surface area contributed by atoms with Gasteiger partial charge in [-0.2, -0.15) is 5.10 Å². The maximum atomic E-state index is 12.2. The summed E-state index contributed by atoms with van der Waals surface area (Å²) in [5, 5.41) is 6.91. The minimum atomic E-state index is -0.437. The molecule has 2 amide bonds. The first-order valence-corrected chi connectivity index (χ1v) is 10.0. The van der Waals surface area contributed by atoms with Gasteiger partial charge in [-0.25, -0.2) is 9.67 Å². The van der Waals surface area contributed by atoms with E-state index in [1.54, 1.807) is 10.9 Å².